The number of rotatable bonds is 6. The molecule has 116 valence electrons. The average Bonchev–Trinajstić information content (AvgIpc) is 2.40. The number of halogens is 1. The smallest absolute Gasteiger partial charge is 0.339 e. The summed E-state index contributed by atoms with van der Waals surface area (Å²) in [5.74, 6) is -0.975. The quantitative estimate of drug-likeness (QED) is 0.816. The van der Waals surface area contributed by atoms with Crippen molar-refractivity contribution in [1.29, 1.82) is 0 Å². The number of hydrogen-bond donors (Lipinski definition) is 1. The van der Waals surface area contributed by atoms with E-state index in [1.807, 2.05) is 0 Å². The minimum atomic E-state index is -3.94. The molecule has 0 aromatic heterocycles. The van der Waals surface area contributed by atoms with Crippen molar-refractivity contribution in [3.8, 4) is 0 Å². The zero-order valence-corrected chi connectivity index (χ0v) is 12.6. The van der Waals surface area contributed by atoms with E-state index in [-0.39, 0.29) is 17.0 Å². The van der Waals surface area contributed by atoms with Crippen LogP contribution in [0.3, 0.4) is 0 Å². The minimum Gasteiger partial charge on any atom is -0.465 e. The lowest BCUT2D eigenvalue weighted by molar-refractivity contribution is 0.0596. The van der Waals surface area contributed by atoms with Crippen LogP contribution >= 0.6 is 0 Å². The monoisotopic (exact) mass is 315 g/mol. The first-order valence-electron chi connectivity index (χ1n) is 6.81. The lowest BCUT2D eigenvalue weighted by Crippen LogP contribution is -2.29. The molecule has 0 radical (unpaired) electrons. The molecule has 1 saturated carbocycles. The normalized spacial score (nSPS) is 15.5. The first-order valence-corrected chi connectivity index (χ1v) is 8.30. The number of carbonyl (C=O) groups excluding carboxylic acids is 1. The van der Waals surface area contributed by atoms with Crippen molar-refractivity contribution in [2.75, 3.05) is 13.7 Å². The fourth-order valence-electron chi connectivity index (χ4n) is 2.25. The van der Waals surface area contributed by atoms with Gasteiger partial charge in [-0.05, 0) is 30.5 Å². The van der Waals surface area contributed by atoms with Crippen LogP contribution in [0, 0.1) is 11.7 Å². The SMILES string of the molecule is COC(=O)c1ccc(F)cc1S(=O)(=O)NCCC1CCC1. The van der Waals surface area contributed by atoms with E-state index < -0.39 is 21.8 Å². The van der Waals surface area contributed by atoms with E-state index in [2.05, 4.69) is 9.46 Å². The average molecular weight is 315 g/mol. The number of hydrogen-bond acceptors (Lipinski definition) is 4. The summed E-state index contributed by atoms with van der Waals surface area (Å²) in [6.45, 7) is 0.282. The third-order valence-corrected chi connectivity index (χ3v) is 5.21. The Hall–Kier alpha value is -1.47. The molecule has 1 aromatic rings. The van der Waals surface area contributed by atoms with E-state index in [1.54, 1.807) is 0 Å². The summed E-state index contributed by atoms with van der Waals surface area (Å²) >= 11 is 0. The van der Waals surface area contributed by atoms with Crippen molar-refractivity contribution in [2.45, 2.75) is 30.6 Å². The fraction of sp³-hybridized carbons (Fsp3) is 0.500. The molecular formula is C14H18FNO4S. The van der Waals surface area contributed by atoms with Gasteiger partial charge in [-0.25, -0.2) is 22.3 Å². The van der Waals surface area contributed by atoms with Crippen LogP contribution < -0.4 is 4.72 Å². The molecule has 0 atom stereocenters. The Labute approximate surface area is 123 Å². The van der Waals surface area contributed by atoms with Crippen molar-refractivity contribution < 1.29 is 22.3 Å². The predicted octanol–water partition coefficient (Wildman–Crippen LogP) is 2.08. The van der Waals surface area contributed by atoms with Crippen LogP contribution in [0.2, 0.25) is 0 Å². The summed E-state index contributed by atoms with van der Waals surface area (Å²) < 4.78 is 44.7. The predicted molar refractivity (Wildman–Crippen MR) is 74.9 cm³/mol. The molecule has 0 saturated heterocycles. The molecular weight excluding hydrogens is 297 g/mol. The molecule has 5 nitrogen and oxygen atoms in total. The summed E-state index contributed by atoms with van der Waals surface area (Å²) in [5, 5.41) is 0. The number of sulfonamides is 1. The highest BCUT2D eigenvalue weighted by molar-refractivity contribution is 7.89. The first-order chi connectivity index (χ1) is 9.94. The van der Waals surface area contributed by atoms with Gasteiger partial charge in [-0.2, -0.15) is 0 Å². The second-order valence-electron chi connectivity index (χ2n) is 5.12. The summed E-state index contributed by atoms with van der Waals surface area (Å²) in [4.78, 5) is 11.2. The minimum absolute atomic E-state index is 0.171. The van der Waals surface area contributed by atoms with Gasteiger partial charge in [0.05, 0.1) is 17.6 Å². The van der Waals surface area contributed by atoms with E-state index in [1.165, 1.54) is 6.42 Å². The highest BCUT2D eigenvalue weighted by Gasteiger charge is 2.24. The second-order valence-corrected chi connectivity index (χ2v) is 6.85. The molecule has 1 aliphatic carbocycles. The van der Waals surface area contributed by atoms with Crippen molar-refractivity contribution in [3.05, 3.63) is 29.6 Å². The fourth-order valence-corrected chi connectivity index (χ4v) is 3.50. The topological polar surface area (TPSA) is 72.5 Å². The largest absolute Gasteiger partial charge is 0.465 e. The van der Waals surface area contributed by atoms with E-state index in [0.717, 1.165) is 44.6 Å². The number of benzene rings is 1. The molecule has 0 spiro atoms. The van der Waals surface area contributed by atoms with Crippen molar-refractivity contribution in [1.82, 2.24) is 4.72 Å². The number of ether oxygens (including phenoxy) is 1. The molecule has 0 heterocycles. The second kappa shape index (κ2) is 6.53. The molecule has 1 aromatic carbocycles. The third kappa shape index (κ3) is 3.79. The summed E-state index contributed by atoms with van der Waals surface area (Å²) in [5.41, 5.74) is -0.171. The molecule has 0 aliphatic heterocycles. The van der Waals surface area contributed by atoms with Gasteiger partial charge < -0.3 is 4.74 Å². The number of esters is 1. The molecule has 1 N–H and O–H groups in total. The van der Waals surface area contributed by atoms with Gasteiger partial charge in [0.2, 0.25) is 10.0 Å². The number of methoxy groups -OCH3 is 1. The highest BCUT2D eigenvalue weighted by Crippen LogP contribution is 2.29. The van der Waals surface area contributed by atoms with Crippen molar-refractivity contribution in [3.63, 3.8) is 0 Å². The molecule has 1 fully saturated rings. The Morgan fingerprint density at radius 3 is 2.71 bits per heavy atom. The van der Waals surface area contributed by atoms with Crippen LogP contribution in [-0.4, -0.2) is 28.0 Å². The van der Waals surface area contributed by atoms with Crippen LogP contribution in [0.5, 0.6) is 0 Å². The third-order valence-electron chi connectivity index (χ3n) is 3.71. The van der Waals surface area contributed by atoms with Crippen LogP contribution in [0.25, 0.3) is 0 Å². The van der Waals surface area contributed by atoms with Gasteiger partial charge in [0.1, 0.15) is 5.82 Å². The van der Waals surface area contributed by atoms with E-state index in [0.29, 0.717) is 5.92 Å². The van der Waals surface area contributed by atoms with Crippen LogP contribution in [0.4, 0.5) is 4.39 Å². The lowest BCUT2D eigenvalue weighted by atomic mass is 9.83. The van der Waals surface area contributed by atoms with Gasteiger partial charge in [0.15, 0.2) is 0 Å². The van der Waals surface area contributed by atoms with Crippen molar-refractivity contribution >= 4 is 16.0 Å². The molecule has 0 unspecified atom stereocenters. The van der Waals surface area contributed by atoms with Gasteiger partial charge in [-0.1, -0.05) is 19.3 Å². The van der Waals surface area contributed by atoms with Crippen LogP contribution in [0.15, 0.2) is 23.1 Å². The Morgan fingerprint density at radius 1 is 1.43 bits per heavy atom. The molecule has 21 heavy (non-hydrogen) atoms. The Kier molecular flexibility index (Phi) is 4.95. The maximum Gasteiger partial charge on any atom is 0.339 e. The molecule has 2 rings (SSSR count). The zero-order chi connectivity index (χ0) is 15.5. The summed E-state index contributed by atoms with van der Waals surface area (Å²) in [6.07, 6.45) is 4.18. The molecule has 0 bridgehead atoms. The van der Waals surface area contributed by atoms with E-state index in [4.69, 9.17) is 0 Å². The Morgan fingerprint density at radius 2 is 2.14 bits per heavy atom. The van der Waals surface area contributed by atoms with Gasteiger partial charge in [0.25, 0.3) is 0 Å². The van der Waals surface area contributed by atoms with Crippen LogP contribution in [-0.2, 0) is 14.8 Å². The van der Waals surface area contributed by atoms with Crippen molar-refractivity contribution in [2.24, 2.45) is 5.92 Å². The molecule has 0 amide bonds. The lowest BCUT2D eigenvalue weighted by Gasteiger charge is -2.25. The van der Waals surface area contributed by atoms with Gasteiger partial charge in [0, 0.05) is 6.54 Å². The first kappa shape index (κ1) is 15.9. The Bertz CT molecular complexity index is 626. The van der Waals surface area contributed by atoms with Gasteiger partial charge >= 0.3 is 5.97 Å². The zero-order valence-electron chi connectivity index (χ0n) is 11.8. The van der Waals surface area contributed by atoms with E-state index in [9.17, 15) is 17.6 Å². The van der Waals surface area contributed by atoms with Gasteiger partial charge in [-0.15, -0.1) is 0 Å². The highest BCUT2D eigenvalue weighted by atomic mass is 32.2. The standard InChI is InChI=1S/C14H18FNO4S/c1-20-14(17)12-6-5-11(15)9-13(12)21(18,19)16-8-7-10-3-2-4-10/h5-6,9-10,16H,2-4,7-8H2,1H3. The number of nitrogens with one attached hydrogen (secondary N) is 1. The van der Waals surface area contributed by atoms with E-state index >= 15 is 0 Å². The maximum atomic E-state index is 13.3. The maximum absolute atomic E-state index is 13.3. The molecule has 7 heteroatoms. The summed E-state index contributed by atoms with van der Waals surface area (Å²) in [7, 11) is -2.79. The Balaban J connectivity index is 2.17. The van der Waals surface area contributed by atoms with Gasteiger partial charge in [-0.3, -0.25) is 0 Å². The number of carbonyl (C=O) groups is 1. The summed E-state index contributed by atoms with van der Waals surface area (Å²) in [6, 6.07) is 2.97. The van der Waals surface area contributed by atoms with Crippen LogP contribution in [0.1, 0.15) is 36.0 Å². The molecule has 1 aliphatic rings.